The molecule has 2 aromatic heterocycles. The Bertz CT molecular complexity index is 3100. The molecule has 1 nitrogen and oxygen atoms in total. The molecule has 0 atom stereocenters. The van der Waals surface area contributed by atoms with Crippen LogP contribution in [0.4, 0.5) is 0 Å². The minimum absolute atomic E-state index is 0.918. The maximum atomic E-state index is 6.48. The van der Waals surface area contributed by atoms with Crippen molar-refractivity contribution in [1.29, 1.82) is 0 Å². The van der Waals surface area contributed by atoms with Crippen LogP contribution < -0.4 is 0 Å². The van der Waals surface area contributed by atoms with Gasteiger partial charge in [0.1, 0.15) is 11.2 Å². The van der Waals surface area contributed by atoms with Crippen LogP contribution in [0.15, 0.2) is 174 Å². The van der Waals surface area contributed by atoms with Crippen molar-refractivity contribution in [3.8, 4) is 33.4 Å². The Kier molecular flexibility index (Phi) is 5.89. The van der Waals surface area contributed by atoms with Crippen molar-refractivity contribution in [2.75, 3.05) is 0 Å². The van der Waals surface area contributed by atoms with Gasteiger partial charge in [-0.2, -0.15) is 0 Å². The molecule has 0 radical (unpaired) electrons. The Morgan fingerprint density at radius 1 is 0.300 bits per heavy atom. The molecule has 2 heterocycles. The van der Waals surface area contributed by atoms with E-state index in [1.807, 2.05) is 11.3 Å². The van der Waals surface area contributed by atoms with Crippen molar-refractivity contribution in [2.24, 2.45) is 0 Å². The summed E-state index contributed by atoms with van der Waals surface area (Å²) in [5.74, 6) is 0. The summed E-state index contributed by atoms with van der Waals surface area (Å²) in [6, 6.07) is 62.2. The normalized spacial score (nSPS) is 12.0. The highest BCUT2D eigenvalue weighted by molar-refractivity contribution is 7.25. The lowest BCUT2D eigenvalue weighted by molar-refractivity contribution is 0.669. The number of hydrogen-bond acceptors (Lipinski definition) is 2. The zero-order valence-electron chi connectivity index (χ0n) is 27.0. The Labute approximate surface area is 292 Å². The van der Waals surface area contributed by atoms with Crippen molar-refractivity contribution >= 4 is 85.8 Å². The number of hydrogen-bond donors (Lipinski definition) is 0. The summed E-state index contributed by atoms with van der Waals surface area (Å²) in [5, 5.41) is 12.4. The topological polar surface area (TPSA) is 13.1 Å². The molecule has 0 aliphatic heterocycles. The van der Waals surface area contributed by atoms with Crippen LogP contribution in [0, 0.1) is 0 Å². The Morgan fingerprint density at radius 3 is 1.64 bits per heavy atom. The van der Waals surface area contributed by atoms with Gasteiger partial charge >= 0.3 is 0 Å². The van der Waals surface area contributed by atoms with E-state index in [0.29, 0.717) is 0 Å². The third-order valence-corrected chi connectivity index (χ3v) is 11.6. The molecule has 0 aliphatic rings. The van der Waals surface area contributed by atoms with Gasteiger partial charge in [0.05, 0.1) is 0 Å². The Morgan fingerprint density at radius 2 is 0.880 bits per heavy atom. The number of benzene rings is 9. The van der Waals surface area contributed by atoms with Gasteiger partial charge in [0.2, 0.25) is 0 Å². The van der Waals surface area contributed by atoms with Gasteiger partial charge in [-0.1, -0.05) is 127 Å². The molecule has 50 heavy (non-hydrogen) atoms. The maximum Gasteiger partial charge on any atom is 0.136 e. The average molecular weight is 653 g/mol. The zero-order chi connectivity index (χ0) is 32.8. The Balaban J connectivity index is 1.14. The second-order valence-electron chi connectivity index (χ2n) is 13.2. The van der Waals surface area contributed by atoms with Gasteiger partial charge in [0, 0.05) is 30.9 Å². The van der Waals surface area contributed by atoms with E-state index in [9.17, 15) is 0 Å². The minimum atomic E-state index is 0.918. The molecule has 11 aromatic rings. The fraction of sp³-hybridized carbons (Fsp3) is 0. The fourth-order valence-electron chi connectivity index (χ4n) is 8.12. The summed E-state index contributed by atoms with van der Waals surface area (Å²) < 4.78 is 9.04. The van der Waals surface area contributed by atoms with Crippen LogP contribution in [-0.2, 0) is 0 Å². The highest BCUT2D eigenvalue weighted by Crippen LogP contribution is 2.46. The smallest absolute Gasteiger partial charge is 0.136 e. The van der Waals surface area contributed by atoms with Crippen LogP contribution in [0.5, 0.6) is 0 Å². The standard InChI is InChI=1S/C48H28OS/c1-2-11-30-24-32(21-20-29(30)10-1)31-12-9-13-33(25-31)47-36-15-3-5-17-38(36)48(39-18-6-4-16-37(39)47)34-22-23-43-40(26-34)41-27-42-35-14-7-8-19-45(35)50-46(42)28-44(41)49-43/h1-28H. The highest BCUT2D eigenvalue weighted by Gasteiger charge is 2.19. The number of furan rings is 1. The van der Waals surface area contributed by atoms with Gasteiger partial charge in [0.15, 0.2) is 0 Å². The van der Waals surface area contributed by atoms with E-state index in [-0.39, 0.29) is 0 Å². The fourth-order valence-corrected chi connectivity index (χ4v) is 9.24. The molecular weight excluding hydrogens is 625 g/mol. The summed E-state index contributed by atoms with van der Waals surface area (Å²) in [6.07, 6.45) is 0. The molecule has 11 rings (SSSR count). The largest absolute Gasteiger partial charge is 0.456 e. The molecule has 232 valence electrons. The lowest BCUT2D eigenvalue weighted by Crippen LogP contribution is -1.91. The molecule has 0 fully saturated rings. The van der Waals surface area contributed by atoms with E-state index < -0.39 is 0 Å². The summed E-state index contributed by atoms with van der Waals surface area (Å²) in [4.78, 5) is 0. The SMILES string of the molecule is c1cc(-c2ccc3ccccc3c2)cc(-c2c3ccccc3c(-c3ccc4oc5cc6sc7ccccc7c6cc5c4c3)c3ccccc23)c1. The molecule has 0 saturated heterocycles. The van der Waals surface area contributed by atoms with Gasteiger partial charge in [-0.25, -0.2) is 0 Å². The average Bonchev–Trinajstić information content (AvgIpc) is 3.72. The van der Waals surface area contributed by atoms with Crippen LogP contribution in [-0.4, -0.2) is 0 Å². The van der Waals surface area contributed by atoms with E-state index in [2.05, 4.69) is 170 Å². The summed E-state index contributed by atoms with van der Waals surface area (Å²) >= 11 is 1.83. The van der Waals surface area contributed by atoms with Crippen LogP contribution in [0.1, 0.15) is 0 Å². The molecule has 9 aromatic carbocycles. The van der Waals surface area contributed by atoms with Gasteiger partial charge in [-0.3, -0.25) is 0 Å². The highest BCUT2D eigenvalue weighted by atomic mass is 32.1. The van der Waals surface area contributed by atoms with E-state index in [1.54, 1.807) is 0 Å². The van der Waals surface area contributed by atoms with Crippen molar-refractivity contribution in [2.45, 2.75) is 0 Å². The first-order valence-corrected chi connectivity index (χ1v) is 17.9. The second-order valence-corrected chi connectivity index (χ2v) is 14.3. The van der Waals surface area contributed by atoms with E-state index in [4.69, 9.17) is 4.42 Å². The van der Waals surface area contributed by atoms with Gasteiger partial charge in [-0.15, -0.1) is 11.3 Å². The summed E-state index contributed by atoms with van der Waals surface area (Å²) in [7, 11) is 0. The van der Waals surface area contributed by atoms with Crippen LogP contribution in [0.3, 0.4) is 0 Å². The monoisotopic (exact) mass is 652 g/mol. The van der Waals surface area contributed by atoms with Gasteiger partial charge in [-0.05, 0) is 108 Å². The number of thiophene rings is 1. The number of rotatable bonds is 3. The molecule has 0 spiro atoms. The molecule has 0 unspecified atom stereocenters. The summed E-state index contributed by atoms with van der Waals surface area (Å²) in [6.45, 7) is 0. The molecule has 0 N–H and O–H groups in total. The first kappa shape index (κ1) is 27.7. The lowest BCUT2D eigenvalue weighted by Gasteiger charge is -2.18. The first-order valence-electron chi connectivity index (χ1n) is 17.1. The molecule has 0 saturated carbocycles. The van der Waals surface area contributed by atoms with E-state index >= 15 is 0 Å². The Hall–Kier alpha value is -6.22. The summed E-state index contributed by atoms with van der Waals surface area (Å²) in [5.41, 5.74) is 9.23. The van der Waals surface area contributed by atoms with E-state index in [0.717, 1.165) is 21.9 Å². The van der Waals surface area contributed by atoms with Crippen LogP contribution in [0.25, 0.3) is 108 Å². The van der Waals surface area contributed by atoms with Crippen LogP contribution in [0.2, 0.25) is 0 Å². The molecule has 0 bridgehead atoms. The second kappa shape index (κ2) is 10.6. The van der Waals surface area contributed by atoms with Gasteiger partial charge < -0.3 is 4.42 Å². The van der Waals surface area contributed by atoms with Crippen LogP contribution >= 0.6 is 11.3 Å². The van der Waals surface area contributed by atoms with Crippen molar-refractivity contribution in [1.82, 2.24) is 0 Å². The predicted molar refractivity (Wildman–Crippen MR) is 215 cm³/mol. The molecule has 0 amide bonds. The quantitative estimate of drug-likeness (QED) is 0.173. The first-order chi connectivity index (χ1) is 24.8. The minimum Gasteiger partial charge on any atom is -0.456 e. The third kappa shape index (κ3) is 4.13. The third-order valence-electron chi connectivity index (χ3n) is 10.4. The molecule has 0 aliphatic carbocycles. The van der Waals surface area contributed by atoms with Crippen molar-refractivity contribution in [3.05, 3.63) is 170 Å². The lowest BCUT2D eigenvalue weighted by atomic mass is 9.85. The molecule has 2 heteroatoms. The molecular formula is C48H28OS. The zero-order valence-corrected chi connectivity index (χ0v) is 27.8. The predicted octanol–water partition coefficient (Wildman–Crippen LogP) is 14.4. The van der Waals surface area contributed by atoms with Crippen molar-refractivity contribution in [3.63, 3.8) is 0 Å². The van der Waals surface area contributed by atoms with Crippen molar-refractivity contribution < 1.29 is 4.42 Å². The number of fused-ring (bicyclic) bond motifs is 9. The maximum absolute atomic E-state index is 6.48. The van der Waals surface area contributed by atoms with E-state index in [1.165, 1.54) is 85.9 Å². The van der Waals surface area contributed by atoms with Gasteiger partial charge in [0.25, 0.3) is 0 Å².